The van der Waals surface area contributed by atoms with E-state index in [0.29, 0.717) is 24.1 Å². The smallest absolute Gasteiger partial charge is 0.320 e. The normalized spacial score (nSPS) is 23.3. The zero-order valence-electron chi connectivity index (χ0n) is 19.5. The fourth-order valence-electron chi connectivity index (χ4n) is 5.76. The minimum absolute atomic E-state index is 0.0921. The molecule has 2 aliphatic rings. The van der Waals surface area contributed by atoms with Crippen molar-refractivity contribution in [2.24, 2.45) is 11.8 Å². The van der Waals surface area contributed by atoms with E-state index in [1.165, 1.54) is 0 Å². The summed E-state index contributed by atoms with van der Waals surface area (Å²) in [5.74, 6) is -1.74. The summed E-state index contributed by atoms with van der Waals surface area (Å²) >= 11 is 0. The minimum Gasteiger partial charge on any atom is -0.320 e. The number of hydrogen-bond donors (Lipinski definition) is 1. The fraction of sp³-hybridized carbons (Fsp3) is 0.310. The van der Waals surface area contributed by atoms with Crippen molar-refractivity contribution in [3.8, 4) is 0 Å². The molecule has 0 spiro atoms. The van der Waals surface area contributed by atoms with Gasteiger partial charge in [-0.05, 0) is 79.5 Å². The number of pyridine rings is 1. The number of benzene rings is 2. The van der Waals surface area contributed by atoms with E-state index in [4.69, 9.17) is 0 Å². The van der Waals surface area contributed by atoms with E-state index < -0.39 is 17.5 Å². The molecular weight excluding hydrogens is 449 g/mol. The Labute approximate surface area is 203 Å². The van der Waals surface area contributed by atoms with Crippen LogP contribution in [0.1, 0.15) is 52.0 Å². The van der Waals surface area contributed by atoms with Crippen molar-refractivity contribution in [3.63, 3.8) is 0 Å². The topological polar surface area (TPSA) is 42.0 Å². The molecule has 1 aromatic heterocycles. The molecule has 0 saturated heterocycles. The molecule has 1 N–H and O–H groups in total. The number of aryl methyl sites for hydroxylation is 1. The molecule has 0 radical (unpaired) electrons. The Hall–Kier alpha value is -3.41. The van der Waals surface area contributed by atoms with Crippen LogP contribution in [-0.4, -0.2) is 17.1 Å². The van der Waals surface area contributed by atoms with Crippen LogP contribution in [0, 0.1) is 18.8 Å². The van der Waals surface area contributed by atoms with Crippen LogP contribution in [0.2, 0.25) is 0 Å². The molecular formula is C29H27F3N2O. The number of carbonyl (C=O) groups is 1. The summed E-state index contributed by atoms with van der Waals surface area (Å²) in [6.45, 7) is 1.83. The molecule has 1 saturated carbocycles. The highest BCUT2D eigenvalue weighted by molar-refractivity contribution is 6.05. The molecule has 5 rings (SSSR count). The summed E-state index contributed by atoms with van der Waals surface area (Å²) in [4.78, 5) is 17.2. The molecule has 2 aliphatic carbocycles. The largest absolute Gasteiger partial charge is 0.391 e. The quantitative estimate of drug-likeness (QED) is 0.435. The number of alkyl halides is 3. The van der Waals surface area contributed by atoms with Crippen LogP contribution < -0.4 is 5.32 Å². The van der Waals surface area contributed by atoms with Crippen LogP contribution >= 0.6 is 0 Å². The second kappa shape index (κ2) is 8.99. The lowest BCUT2D eigenvalue weighted by Gasteiger charge is -2.49. The highest BCUT2D eigenvalue weighted by Gasteiger charge is 2.52. The molecule has 3 nitrogen and oxygen atoms in total. The number of halogens is 3. The summed E-state index contributed by atoms with van der Waals surface area (Å²) in [7, 11) is 0. The van der Waals surface area contributed by atoms with Gasteiger partial charge in [0, 0.05) is 17.2 Å². The number of hydrogen-bond acceptors (Lipinski definition) is 2. The van der Waals surface area contributed by atoms with Crippen molar-refractivity contribution in [2.75, 3.05) is 5.32 Å². The highest BCUT2D eigenvalue weighted by atomic mass is 19.4. The van der Waals surface area contributed by atoms with Crippen molar-refractivity contribution in [1.82, 2.24) is 4.98 Å². The van der Waals surface area contributed by atoms with Gasteiger partial charge in [0.1, 0.15) is 0 Å². The number of carbonyl (C=O) groups excluding carboxylic acids is 1. The van der Waals surface area contributed by atoms with Crippen LogP contribution in [0.25, 0.3) is 6.08 Å². The molecule has 35 heavy (non-hydrogen) atoms. The second-order valence-electron chi connectivity index (χ2n) is 9.69. The van der Waals surface area contributed by atoms with Gasteiger partial charge in [0.25, 0.3) is 5.91 Å². The van der Waals surface area contributed by atoms with Gasteiger partial charge >= 0.3 is 6.18 Å². The second-order valence-corrected chi connectivity index (χ2v) is 9.69. The van der Waals surface area contributed by atoms with Gasteiger partial charge in [-0.2, -0.15) is 13.2 Å². The van der Waals surface area contributed by atoms with E-state index in [9.17, 15) is 18.0 Å². The fourth-order valence-corrected chi connectivity index (χ4v) is 5.76. The summed E-state index contributed by atoms with van der Waals surface area (Å²) in [5, 5.41) is 2.91. The van der Waals surface area contributed by atoms with Gasteiger partial charge < -0.3 is 5.32 Å². The number of fused-ring (bicyclic) bond motifs is 3. The average Bonchev–Trinajstić information content (AvgIpc) is 2.84. The summed E-state index contributed by atoms with van der Waals surface area (Å²) in [6.07, 6.45) is 2.65. The SMILES string of the molecule is Cc1ncccc1NC(=O)c1ccc2c(c1)C=C[C@@H]1CC(C(F)(F)F)CC[C@@]21Cc1ccccc1. The third-order valence-electron chi connectivity index (χ3n) is 7.63. The zero-order valence-corrected chi connectivity index (χ0v) is 19.5. The van der Waals surface area contributed by atoms with E-state index in [2.05, 4.69) is 10.3 Å². The minimum atomic E-state index is -4.18. The van der Waals surface area contributed by atoms with Crippen LogP contribution in [0.4, 0.5) is 18.9 Å². The van der Waals surface area contributed by atoms with E-state index >= 15 is 0 Å². The highest BCUT2D eigenvalue weighted by Crippen LogP contribution is 2.54. The van der Waals surface area contributed by atoms with E-state index in [-0.39, 0.29) is 24.7 Å². The predicted molar refractivity (Wildman–Crippen MR) is 131 cm³/mol. The Morgan fingerprint density at radius 3 is 2.66 bits per heavy atom. The molecule has 1 unspecified atom stereocenters. The number of nitrogens with zero attached hydrogens (tertiary/aromatic N) is 1. The van der Waals surface area contributed by atoms with Crippen LogP contribution in [0.15, 0.2) is 72.9 Å². The maximum atomic E-state index is 13.6. The van der Waals surface area contributed by atoms with Gasteiger partial charge in [-0.15, -0.1) is 0 Å². The van der Waals surface area contributed by atoms with E-state index in [1.807, 2.05) is 61.5 Å². The first kappa shape index (κ1) is 23.3. The van der Waals surface area contributed by atoms with Gasteiger partial charge in [0.05, 0.1) is 17.3 Å². The molecule has 3 aromatic rings. The molecule has 180 valence electrons. The average molecular weight is 477 g/mol. The standard InChI is InChI=1S/C29H27F3N2O/c1-19-26(8-5-15-33-19)34-27(35)22-10-12-25-21(16-22)9-11-23-17-24(29(30,31)32)13-14-28(23,25)18-20-6-3-2-4-7-20/h2-12,15-16,23-24H,13-14,17-18H2,1H3,(H,34,35)/t23-,24?,28+/m1/s1. The summed E-state index contributed by atoms with van der Waals surface area (Å²) in [6, 6.07) is 19.1. The van der Waals surface area contributed by atoms with Crippen molar-refractivity contribution in [2.45, 2.75) is 44.2 Å². The van der Waals surface area contributed by atoms with Crippen LogP contribution in [0.3, 0.4) is 0 Å². The van der Waals surface area contributed by atoms with Gasteiger partial charge in [0.2, 0.25) is 0 Å². The van der Waals surface area contributed by atoms with Gasteiger partial charge in [-0.1, -0.05) is 48.6 Å². The van der Waals surface area contributed by atoms with Crippen molar-refractivity contribution >= 4 is 17.7 Å². The maximum Gasteiger partial charge on any atom is 0.391 e. The lowest BCUT2D eigenvalue weighted by molar-refractivity contribution is -0.188. The number of nitrogens with one attached hydrogen (secondary N) is 1. The summed E-state index contributed by atoms with van der Waals surface area (Å²) < 4.78 is 40.9. The molecule has 1 amide bonds. The monoisotopic (exact) mass is 476 g/mol. The molecule has 3 atom stereocenters. The Balaban J connectivity index is 1.50. The molecule has 2 aromatic carbocycles. The molecule has 0 aliphatic heterocycles. The van der Waals surface area contributed by atoms with Crippen molar-refractivity contribution in [1.29, 1.82) is 0 Å². The van der Waals surface area contributed by atoms with Crippen molar-refractivity contribution < 1.29 is 18.0 Å². The van der Waals surface area contributed by atoms with Crippen molar-refractivity contribution in [3.05, 3.63) is 101 Å². The third-order valence-corrected chi connectivity index (χ3v) is 7.63. The molecule has 0 bridgehead atoms. The maximum absolute atomic E-state index is 13.6. The van der Waals surface area contributed by atoms with Gasteiger partial charge in [0.15, 0.2) is 0 Å². The molecule has 1 fully saturated rings. The Morgan fingerprint density at radius 1 is 1.11 bits per heavy atom. The summed E-state index contributed by atoms with van der Waals surface area (Å²) in [5.41, 5.74) is 4.50. The Kier molecular flexibility index (Phi) is 5.99. The Bertz CT molecular complexity index is 1270. The van der Waals surface area contributed by atoms with Gasteiger partial charge in [-0.3, -0.25) is 9.78 Å². The van der Waals surface area contributed by atoms with E-state index in [0.717, 1.165) is 22.4 Å². The first-order chi connectivity index (χ1) is 16.8. The van der Waals surface area contributed by atoms with E-state index in [1.54, 1.807) is 24.4 Å². The van der Waals surface area contributed by atoms with Crippen LogP contribution in [-0.2, 0) is 11.8 Å². The lowest BCUT2D eigenvalue weighted by Crippen LogP contribution is -2.46. The number of allylic oxidation sites excluding steroid dienone is 1. The number of anilines is 1. The number of amides is 1. The first-order valence-electron chi connectivity index (χ1n) is 11.9. The zero-order chi connectivity index (χ0) is 24.6. The molecule has 1 heterocycles. The lowest BCUT2D eigenvalue weighted by atomic mass is 9.55. The van der Waals surface area contributed by atoms with Gasteiger partial charge in [-0.25, -0.2) is 0 Å². The Morgan fingerprint density at radius 2 is 1.91 bits per heavy atom. The third kappa shape index (κ3) is 4.49. The van der Waals surface area contributed by atoms with Crippen LogP contribution in [0.5, 0.6) is 0 Å². The number of rotatable bonds is 4. The number of aromatic nitrogens is 1. The molecule has 6 heteroatoms. The first-order valence-corrected chi connectivity index (χ1v) is 11.9. The predicted octanol–water partition coefficient (Wildman–Crippen LogP) is 7.13.